The standard InChI is InChI=1S/C31H34Br2N8O3/c32-23-17-20(18-24(33)28(23)34)19-26(29(42)39-15-13-38(14-16-39)21-5-9-35-10-6-21)37-30(43)40-11-7-22(8-12-40)41-27-4-2-1-3-25(27)36-31(41)44/h1-6,9-10,17-18,22,26H,7-8,11-16,19,34H2,(H,36,44)(H,37,43)/t26-/m1/s1. The number of rotatable bonds is 6. The molecule has 0 saturated carbocycles. The number of hydrogen-bond acceptors (Lipinski definition) is 6. The van der Waals surface area contributed by atoms with Crippen molar-refractivity contribution in [3.8, 4) is 0 Å². The van der Waals surface area contributed by atoms with Crippen molar-refractivity contribution in [1.82, 2.24) is 29.7 Å². The van der Waals surface area contributed by atoms with E-state index in [1.807, 2.05) is 53.4 Å². The number of aromatic amines is 1. The molecule has 4 N–H and O–H groups in total. The number of carbonyl (C=O) groups is 2. The Kier molecular flexibility index (Phi) is 8.94. The van der Waals surface area contributed by atoms with Crippen molar-refractivity contribution >= 4 is 66.2 Å². The van der Waals surface area contributed by atoms with Crippen molar-refractivity contribution in [3.63, 3.8) is 0 Å². The first-order chi connectivity index (χ1) is 21.3. The van der Waals surface area contributed by atoms with Gasteiger partial charge in [-0.2, -0.15) is 0 Å². The van der Waals surface area contributed by atoms with Crippen LogP contribution in [-0.2, 0) is 11.2 Å². The van der Waals surface area contributed by atoms with Gasteiger partial charge in [0.1, 0.15) is 6.04 Å². The second-order valence-corrected chi connectivity index (χ2v) is 12.9. The molecule has 44 heavy (non-hydrogen) atoms. The third-order valence-corrected chi connectivity index (χ3v) is 9.85. The van der Waals surface area contributed by atoms with Crippen LogP contribution in [0.15, 0.2) is 74.7 Å². The molecule has 0 unspecified atom stereocenters. The number of urea groups is 1. The number of piperidine rings is 1. The van der Waals surface area contributed by atoms with Gasteiger partial charge in [0.25, 0.3) is 0 Å². The SMILES string of the molecule is Nc1c(Br)cc(C[C@@H](NC(=O)N2CCC(n3c(=O)[nH]c4ccccc43)CC2)C(=O)N2CCN(c3ccncc3)CC2)cc1Br. The van der Waals surface area contributed by atoms with Crippen molar-refractivity contribution in [3.05, 3.63) is 85.9 Å². The monoisotopic (exact) mass is 724 g/mol. The van der Waals surface area contributed by atoms with Crippen LogP contribution in [0.3, 0.4) is 0 Å². The van der Waals surface area contributed by atoms with E-state index in [2.05, 4.69) is 52.0 Å². The van der Waals surface area contributed by atoms with Crippen LogP contribution in [0.2, 0.25) is 0 Å². The molecule has 1 atom stereocenters. The molecular formula is C31H34Br2N8O3. The van der Waals surface area contributed by atoms with E-state index in [9.17, 15) is 14.4 Å². The highest BCUT2D eigenvalue weighted by molar-refractivity contribution is 9.11. The summed E-state index contributed by atoms with van der Waals surface area (Å²) in [6, 6.07) is 14.3. The molecule has 4 aromatic rings. The van der Waals surface area contributed by atoms with E-state index in [-0.39, 0.29) is 23.7 Å². The number of carbonyl (C=O) groups excluding carboxylic acids is 2. The molecule has 2 aliphatic heterocycles. The van der Waals surface area contributed by atoms with Crippen LogP contribution in [0.5, 0.6) is 0 Å². The fourth-order valence-electron chi connectivity index (χ4n) is 6.15. The Morgan fingerprint density at radius 2 is 1.61 bits per heavy atom. The number of aromatic nitrogens is 3. The lowest BCUT2D eigenvalue weighted by atomic mass is 10.0. The van der Waals surface area contributed by atoms with Gasteiger partial charge in [0.05, 0.1) is 16.7 Å². The summed E-state index contributed by atoms with van der Waals surface area (Å²) in [5.41, 5.74) is 10.2. The minimum atomic E-state index is -0.758. The van der Waals surface area contributed by atoms with Gasteiger partial charge in [-0.3, -0.25) is 14.3 Å². The minimum Gasteiger partial charge on any atom is -0.397 e. The molecule has 0 radical (unpaired) electrons. The van der Waals surface area contributed by atoms with E-state index in [0.717, 1.165) is 31.2 Å². The summed E-state index contributed by atoms with van der Waals surface area (Å²) >= 11 is 7.00. The maximum Gasteiger partial charge on any atom is 0.326 e. The highest BCUT2D eigenvalue weighted by Crippen LogP contribution is 2.30. The predicted octanol–water partition coefficient (Wildman–Crippen LogP) is 4.14. The Labute approximate surface area is 271 Å². The molecule has 4 heterocycles. The average molecular weight is 726 g/mol. The molecule has 2 fully saturated rings. The maximum atomic E-state index is 13.9. The number of pyridine rings is 1. The number of halogens is 2. The van der Waals surface area contributed by atoms with Gasteiger partial charge in [-0.15, -0.1) is 0 Å². The second kappa shape index (κ2) is 13.0. The van der Waals surface area contributed by atoms with Crippen LogP contribution >= 0.6 is 31.9 Å². The van der Waals surface area contributed by atoms with Crippen molar-refractivity contribution in [2.45, 2.75) is 31.3 Å². The van der Waals surface area contributed by atoms with Crippen LogP contribution < -0.4 is 21.6 Å². The number of benzene rings is 2. The maximum absolute atomic E-state index is 13.9. The Hall–Kier alpha value is -3.84. The zero-order valence-electron chi connectivity index (χ0n) is 24.1. The Balaban J connectivity index is 1.14. The quantitative estimate of drug-likeness (QED) is 0.256. The van der Waals surface area contributed by atoms with Gasteiger partial charge in [0.15, 0.2) is 0 Å². The van der Waals surface area contributed by atoms with E-state index < -0.39 is 6.04 Å². The van der Waals surface area contributed by atoms with Gasteiger partial charge >= 0.3 is 11.7 Å². The zero-order valence-corrected chi connectivity index (χ0v) is 27.3. The molecule has 6 rings (SSSR count). The van der Waals surface area contributed by atoms with Crippen LogP contribution in [0.25, 0.3) is 11.0 Å². The number of imidazole rings is 1. The largest absolute Gasteiger partial charge is 0.397 e. The van der Waals surface area contributed by atoms with E-state index >= 15 is 0 Å². The topological polar surface area (TPSA) is 133 Å². The van der Waals surface area contributed by atoms with Crippen LogP contribution in [0.4, 0.5) is 16.2 Å². The fraction of sp³-hybridized carbons (Fsp3) is 0.355. The summed E-state index contributed by atoms with van der Waals surface area (Å²) in [7, 11) is 0. The van der Waals surface area contributed by atoms with Crippen molar-refractivity contribution in [2.75, 3.05) is 49.9 Å². The molecule has 2 aromatic carbocycles. The number of nitrogens with zero attached hydrogens (tertiary/aromatic N) is 5. The highest BCUT2D eigenvalue weighted by Gasteiger charge is 2.32. The van der Waals surface area contributed by atoms with Crippen LogP contribution in [-0.4, -0.2) is 81.6 Å². The molecule has 2 aromatic heterocycles. The number of anilines is 2. The molecule has 2 aliphatic rings. The Morgan fingerprint density at radius 1 is 0.955 bits per heavy atom. The smallest absolute Gasteiger partial charge is 0.326 e. The number of nitrogen functional groups attached to an aromatic ring is 1. The van der Waals surface area contributed by atoms with E-state index in [1.54, 1.807) is 21.9 Å². The van der Waals surface area contributed by atoms with E-state index in [4.69, 9.17) is 5.73 Å². The number of para-hydroxylation sites is 2. The van der Waals surface area contributed by atoms with Crippen LogP contribution in [0, 0.1) is 0 Å². The lowest BCUT2D eigenvalue weighted by Gasteiger charge is -2.38. The molecule has 13 heteroatoms. The van der Waals surface area contributed by atoms with Gasteiger partial charge in [0, 0.05) is 78.8 Å². The molecule has 0 bridgehead atoms. The van der Waals surface area contributed by atoms with E-state index in [1.165, 1.54) is 0 Å². The highest BCUT2D eigenvalue weighted by atomic mass is 79.9. The van der Waals surface area contributed by atoms with Crippen LogP contribution in [0.1, 0.15) is 24.4 Å². The molecule has 0 spiro atoms. The third-order valence-electron chi connectivity index (χ3n) is 8.53. The van der Waals surface area contributed by atoms with Gasteiger partial charge in [-0.1, -0.05) is 12.1 Å². The Morgan fingerprint density at radius 3 is 2.30 bits per heavy atom. The first-order valence-electron chi connectivity index (χ1n) is 14.7. The number of amides is 3. The lowest BCUT2D eigenvalue weighted by molar-refractivity contribution is -0.133. The van der Waals surface area contributed by atoms with Gasteiger partial charge in [-0.25, -0.2) is 9.59 Å². The lowest BCUT2D eigenvalue weighted by Crippen LogP contribution is -2.57. The number of likely N-dealkylation sites (tertiary alicyclic amines) is 1. The average Bonchev–Trinajstić information content (AvgIpc) is 3.39. The van der Waals surface area contributed by atoms with E-state index in [0.29, 0.717) is 64.2 Å². The number of fused-ring (bicyclic) bond motifs is 1. The number of piperazine rings is 1. The minimum absolute atomic E-state index is 0.0127. The second-order valence-electron chi connectivity index (χ2n) is 11.2. The first kappa shape index (κ1) is 30.2. The molecule has 0 aliphatic carbocycles. The van der Waals surface area contributed by atoms with Crippen molar-refractivity contribution in [1.29, 1.82) is 0 Å². The van der Waals surface area contributed by atoms with Gasteiger partial charge in [0.2, 0.25) is 5.91 Å². The van der Waals surface area contributed by atoms with Gasteiger partial charge < -0.3 is 30.7 Å². The molecular weight excluding hydrogens is 692 g/mol. The fourth-order valence-corrected chi connectivity index (χ4v) is 7.44. The van der Waals surface area contributed by atoms with Crippen molar-refractivity contribution in [2.24, 2.45) is 0 Å². The molecule has 230 valence electrons. The number of hydrogen-bond donors (Lipinski definition) is 3. The van der Waals surface area contributed by atoms with Gasteiger partial charge in [-0.05, 0) is 86.7 Å². The normalized spacial score (nSPS) is 16.7. The summed E-state index contributed by atoms with van der Waals surface area (Å²) in [6.07, 6.45) is 5.13. The summed E-state index contributed by atoms with van der Waals surface area (Å²) < 4.78 is 3.25. The summed E-state index contributed by atoms with van der Waals surface area (Å²) in [5, 5.41) is 3.06. The summed E-state index contributed by atoms with van der Waals surface area (Å²) in [5.74, 6) is -0.114. The van der Waals surface area contributed by atoms with Crippen molar-refractivity contribution < 1.29 is 9.59 Å². The molecule has 3 amide bonds. The first-order valence-corrected chi connectivity index (χ1v) is 16.3. The zero-order chi connectivity index (χ0) is 30.8. The number of nitrogens with one attached hydrogen (secondary N) is 2. The molecule has 2 saturated heterocycles. The number of H-pyrrole nitrogens is 1. The number of nitrogens with two attached hydrogens (primary N) is 1. The third kappa shape index (κ3) is 6.34. The predicted molar refractivity (Wildman–Crippen MR) is 178 cm³/mol. The Bertz CT molecular complexity index is 1690. The summed E-state index contributed by atoms with van der Waals surface area (Å²) in [4.78, 5) is 53.1. The summed E-state index contributed by atoms with van der Waals surface area (Å²) in [6.45, 7) is 3.44. The molecule has 11 nitrogen and oxygen atoms in total.